The summed E-state index contributed by atoms with van der Waals surface area (Å²) in [5.74, 6) is 0.697. The van der Waals surface area contributed by atoms with Crippen LogP contribution in [0.4, 0.5) is 4.39 Å². The first-order valence-corrected chi connectivity index (χ1v) is 10.00. The van der Waals surface area contributed by atoms with Gasteiger partial charge >= 0.3 is 0 Å². The van der Waals surface area contributed by atoms with Crippen LogP contribution in [0.2, 0.25) is 0 Å². The van der Waals surface area contributed by atoms with Crippen molar-refractivity contribution in [1.29, 1.82) is 0 Å². The van der Waals surface area contributed by atoms with Gasteiger partial charge in [-0.15, -0.1) is 0 Å². The molecule has 0 spiro atoms. The first-order valence-electron chi connectivity index (χ1n) is 10.00. The molecule has 0 bridgehead atoms. The van der Waals surface area contributed by atoms with Crippen LogP contribution in [0.15, 0.2) is 67.0 Å². The molecule has 0 aliphatic carbocycles. The Balaban J connectivity index is 1.32. The van der Waals surface area contributed by atoms with E-state index < -0.39 is 0 Å². The summed E-state index contributed by atoms with van der Waals surface area (Å²) in [6.07, 6.45) is 5.14. The molecule has 1 fully saturated rings. The summed E-state index contributed by atoms with van der Waals surface area (Å²) in [7, 11) is 0. The van der Waals surface area contributed by atoms with Crippen molar-refractivity contribution in [3.8, 4) is 11.1 Å². The van der Waals surface area contributed by atoms with Gasteiger partial charge in [0.1, 0.15) is 11.5 Å². The highest BCUT2D eigenvalue weighted by Crippen LogP contribution is 2.27. The van der Waals surface area contributed by atoms with Crippen LogP contribution in [-0.4, -0.2) is 43.5 Å². The van der Waals surface area contributed by atoms with Gasteiger partial charge in [-0.3, -0.25) is 9.78 Å². The molecule has 4 aromatic rings. The Morgan fingerprint density at radius 2 is 1.87 bits per heavy atom. The average molecular weight is 401 g/mol. The normalized spacial score (nSPS) is 14.9. The molecule has 7 heteroatoms. The number of carbonyl (C=O) groups excluding carboxylic acids is 1. The van der Waals surface area contributed by atoms with Gasteiger partial charge < -0.3 is 4.90 Å². The van der Waals surface area contributed by atoms with Gasteiger partial charge in [0, 0.05) is 37.0 Å². The largest absolute Gasteiger partial charge is 0.337 e. The van der Waals surface area contributed by atoms with Crippen molar-refractivity contribution in [3.63, 3.8) is 0 Å². The summed E-state index contributed by atoms with van der Waals surface area (Å²) >= 11 is 0. The summed E-state index contributed by atoms with van der Waals surface area (Å²) in [6.45, 7) is 1.31. The molecule has 3 aromatic heterocycles. The molecule has 4 heterocycles. The highest BCUT2D eigenvalue weighted by molar-refractivity contribution is 5.92. The minimum absolute atomic E-state index is 0.0308. The number of pyridine rings is 2. The third kappa shape index (κ3) is 3.54. The van der Waals surface area contributed by atoms with E-state index in [0.29, 0.717) is 18.8 Å². The minimum Gasteiger partial charge on any atom is -0.337 e. The van der Waals surface area contributed by atoms with Crippen LogP contribution in [-0.2, 0) is 0 Å². The molecule has 1 saturated heterocycles. The quantitative estimate of drug-likeness (QED) is 0.521. The fourth-order valence-electron chi connectivity index (χ4n) is 3.90. The number of hydrogen-bond donors (Lipinski definition) is 0. The lowest BCUT2D eigenvalue weighted by Crippen LogP contribution is -2.38. The predicted molar refractivity (Wildman–Crippen MR) is 110 cm³/mol. The number of nitrogens with zero attached hydrogens (tertiary/aromatic N) is 5. The van der Waals surface area contributed by atoms with Gasteiger partial charge in [-0.05, 0) is 54.8 Å². The standard InChI is InChI=1S/C23H20FN5O/c24-19-5-3-4-17(14-19)18-7-8-21-26-22(27-29(21)15-18)16-9-12-28(13-10-16)23(30)20-6-1-2-11-25-20/h1-8,11,14-16H,9-10,12-13H2. The fraction of sp³-hybridized carbons (Fsp3) is 0.217. The van der Waals surface area contributed by atoms with Crippen molar-refractivity contribution in [2.75, 3.05) is 13.1 Å². The van der Waals surface area contributed by atoms with Crippen LogP contribution >= 0.6 is 0 Å². The maximum Gasteiger partial charge on any atom is 0.272 e. The fourth-order valence-corrected chi connectivity index (χ4v) is 3.90. The Morgan fingerprint density at radius 3 is 2.63 bits per heavy atom. The SMILES string of the molecule is O=C(c1ccccn1)N1CCC(c2nc3ccc(-c4cccc(F)c4)cn3n2)CC1. The topological polar surface area (TPSA) is 63.4 Å². The second-order valence-corrected chi connectivity index (χ2v) is 7.48. The zero-order valence-corrected chi connectivity index (χ0v) is 16.3. The number of hydrogen-bond acceptors (Lipinski definition) is 4. The lowest BCUT2D eigenvalue weighted by Gasteiger charge is -2.30. The van der Waals surface area contributed by atoms with Crippen molar-refractivity contribution in [1.82, 2.24) is 24.5 Å². The molecule has 6 nitrogen and oxygen atoms in total. The van der Waals surface area contributed by atoms with Crippen molar-refractivity contribution in [2.24, 2.45) is 0 Å². The Labute approximate surface area is 173 Å². The molecule has 0 saturated carbocycles. The molecule has 0 N–H and O–H groups in total. The van der Waals surface area contributed by atoms with Gasteiger partial charge in [-0.25, -0.2) is 13.9 Å². The molecule has 0 radical (unpaired) electrons. The van der Waals surface area contributed by atoms with Crippen LogP contribution in [0.5, 0.6) is 0 Å². The van der Waals surface area contributed by atoms with E-state index >= 15 is 0 Å². The molecular weight excluding hydrogens is 381 g/mol. The molecule has 30 heavy (non-hydrogen) atoms. The van der Waals surface area contributed by atoms with Crippen molar-refractivity contribution in [3.05, 3.63) is 84.3 Å². The summed E-state index contributed by atoms with van der Waals surface area (Å²) in [5.41, 5.74) is 2.92. The summed E-state index contributed by atoms with van der Waals surface area (Å²) < 4.78 is 15.3. The Morgan fingerprint density at radius 1 is 1.00 bits per heavy atom. The maximum absolute atomic E-state index is 13.5. The number of aromatic nitrogens is 4. The number of amides is 1. The molecule has 5 rings (SSSR count). The highest BCUT2D eigenvalue weighted by Gasteiger charge is 2.27. The molecular formula is C23H20FN5O. The Bertz CT molecular complexity index is 1200. The molecule has 1 aromatic carbocycles. The van der Waals surface area contributed by atoms with E-state index in [0.717, 1.165) is 35.4 Å². The molecule has 0 unspecified atom stereocenters. The summed E-state index contributed by atoms with van der Waals surface area (Å²) in [6, 6.07) is 15.7. The predicted octanol–water partition coefficient (Wildman–Crippen LogP) is 3.95. The smallest absolute Gasteiger partial charge is 0.272 e. The number of rotatable bonds is 3. The number of halogens is 1. The van der Waals surface area contributed by atoms with E-state index in [2.05, 4.69) is 15.1 Å². The second kappa shape index (κ2) is 7.67. The average Bonchev–Trinajstić information content (AvgIpc) is 3.23. The molecule has 1 aliphatic heterocycles. The zero-order chi connectivity index (χ0) is 20.5. The van der Waals surface area contributed by atoms with E-state index in [1.807, 2.05) is 35.4 Å². The molecule has 0 atom stereocenters. The Hall–Kier alpha value is -3.61. The number of fused-ring (bicyclic) bond motifs is 1. The monoisotopic (exact) mass is 401 g/mol. The van der Waals surface area contributed by atoms with Crippen LogP contribution < -0.4 is 0 Å². The Kier molecular flexibility index (Phi) is 4.71. The van der Waals surface area contributed by atoms with Gasteiger partial charge in [-0.2, -0.15) is 5.10 Å². The van der Waals surface area contributed by atoms with Crippen LogP contribution in [0, 0.1) is 5.82 Å². The number of benzene rings is 1. The van der Waals surface area contributed by atoms with Crippen LogP contribution in [0.3, 0.4) is 0 Å². The lowest BCUT2D eigenvalue weighted by molar-refractivity contribution is 0.0705. The number of carbonyl (C=O) groups is 1. The molecule has 1 amide bonds. The summed E-state index contributed by atoms with van der Waals surface area (Å²) in [5, 5.41) is 4.67. The van der Waals surface area contributed by atoms with Gasteiger partial charge in [0.2, 0.25) is 0 Å². The molecule has 150 valence electrons. The van der Waals surface area contributed by atoms with Crippen molar-refractivity contribution < 1.29 is 9.18 Å². The first kappa shape index (κ1) is 18.4. The van der Waals surface area contributed by atoms with Gasteiger partial charge in [0.25, 0.3) is 5.91 Å². The van der Waals surface area contributed by atoms with Crippen molar-refractivity contribution in [2.45, 2.75) is 18.8 Å². The van der Waals surface area contributed by atoms with E-state index in [1.54, 1.807) is 28.9 Å². The highest BCUT2D eigenvalue weighted by atomic mass is 19.1. The summed E-state index contributed by atoms with van der Waals surface area (Å²) in [4.78, 5) is 23.3. The minimum atomic E-state index is -0.265. The second-order valence-electron chi connectivity index (χ2n) is 7.48. The van der Waals surface area contributed by atoms with Gasteiger partial charge in [0.15, 0.2) is 11.5 Å². The van der Waals surface area contributed by atoms with E-state index in [-0.39, 0.29) is 17.6 Å². The molecule has 1 aliphatic rings. The first-order chi connectivity index (χ1) is 14.7. The van der Waals surface area contributed by atoms with Crippen molar-refractivity contribution >= 4 is 11.6 Å². The van der Waals surface area contributed by atoms with Crippen LogP contribution in [0.1, 0.15) is 35.1 Å². The van der Waals surface area contributed by atoms with E-state index in [1.165, 1.54) is 12.1 Å². The van der Waals surface area contributed by atoms with E-state index in [9.17, 15) is 9.18 Å². The van der Waals surface area contributed by atoms with Gasteiger partial charge in [0.05, 0.1) is 0 Å². The number of piperidine rings is 1. The maximum atomic E-state index is 13.5. The zero-order valence-electron chi connectivity index (χ0n) is 16.3. The van der Waals surface area contributed by atoms with Crippen LogP contribution in [0.25, 0.3) is 16.8 Å². The van der Waals surface area contributed by atoms with E-state index in [4.69, 9.17) is 0 Å². The number of likely N-dealkylation sites (tertiary alicyclic amines) is 1. The van der Waals surface area contributed by atoms with Gasteiger partial charge in [-0.1, -0.05) is 18.2 Å². The third-order valence-corrected chi connectivity index (χ3v) is 5.54. The lowest BCUT2D eigenvalue weighted by atomic mass is 9.96. The third-order valence-electron chi connectivity index (χ3n) is 5.54.